The van der Waals surface area contributed by atoms with E-state index < -0.39 is 10.0 Å². The highest BCUT2D eigenvalue weighted by Gasteiger charge is 2.23. The zero-order valence-corrected chi connectivity index (χ0v) is 16.7. The number of hydrogen-bond donors (Lipinski definition) is 2. The second kappa shape index (κ2) is 7.06. The van der Waals surface area contributed by atoms with Crippen LogP contribution in [0.2, 0.25) is 0 Å². The Morgan fingerprint density at radius 3 is 2.46 bits per heavy atom. The van der Waals surface area contributed by atoms with Gasteiger partial charge >= 0.3 is 0 Å². The van der Waals surface area contributed by atoms with Crippen LogP contribution in [0, 0.1) is 0 Å². The Labute approximate surface area is 163 Å². The van der Waals surface area contributed by atoms with Gasteiger partial charge in [0.05, 0.1) is 16.5 Å². The number of aromatic amines is 1. The van der Waals surface area contributed by atoms with E-state index in [0.29, 0.717) is 22.9 Å². The summed E-state index contributed by atoms with van der Waals surface area (Å²) in [5.41, 5.74) is 1.28. The largest absolute Gasteiger partial charge is 0.338 e. The van der Waals surface area contributed by atoms with Gasteiger partial charge in [0.15, 0.2) is 5.82 Å². The Hall–Kier alpha value is -2.65. The molecule has 9 heteroatoms. The third kappa shape index (κ3) is 3.20. The molecule has 1 aromatic carbocycles. The summed E-state index contributed by atoms with van der Waals surface area (Å²) in [6.45, 7) is 0. The molecule has 0 unspecified atom stereocenters. The van der Waals surface area contributed by atoms with Crippen molar-refractivity contribution in [1.29, 1.82) is 0 Å². The molecule has 0 aliphatic heterocycles. The van der Waals surface area contributed by atoms with Crippen molar-refractivity contribution >= 4 is 32.4 Å². The lowest BCUT2D eigenvalue weighted by atomic mass is 10.2. The number of benzene rings is 1. The number of pyridine rings is 1. The van der Waals surface area contributed by atoms with Gasteiger partial charge in [-0.3, -0.25) is 9.48 Å². The molecule has 8 nitrogen and oxygen atoms in total. The van der Waals surface area contributed by atoms with E-state index in [1.807, 2.05) is 10.7 Å². The van der Waals surface area contributed by atoms with Gasteiger partial charge in [0.2, 0.25) is 10.0 Å². The lowest BCUT2D eigenvalue weighted by Crippen LogP contribution is -2.22. The molecular formula is C19H23N5O3S. The number of sulfonamides is 1. The summed E-state index contributed by atoms with van der Waals surface area (Å²) < 4.78 is 27.6. The summed E-state index contributed by atoms with van der Waals surface area (Å²) in [6.07, 6.45) is 6.09. The molecule has 0 radical (unpaired) electrons. The van der Waals surface area contributed by atoms with Crippen LogP contribution in [0.1, 0.15) is 31.7 Å². The minimum atomic E-state index is -3.48. The summed E-state index contributed by atoms with van der Waals surface area (Å²) >= 11 is 0. The first-order valence-corrected chi connectivity index (χ1v) is 10.7. The zero-order chi connectivity index (χ0) is 19.9. The van der Waals surface area contributed by atoms with Crippen LogP contribution in [0.5, 0.6) is 0 Å². The molecule has 0 saturated heterocycles. The lowest BCUT2D eigenvalue weighted by molar-refractivity contribution is 0.483. The minimum Gasteiger partial charge on any atom is -0.338 e. The van der Waals surface area contributed by atoms with Gasteiger partial charge < -0.3 is 10.3 Å². The Bertz CT molecular complexity index is 1160. The maximum absolute atomic E-state index is 12.4. The molecule has 3 aromatic rings. The van der Waals surface area contributed by atoms with Crippen molar-refractivity contribution in [3.8, 4) is 0 Å². The molecule has 0 spiro atoms. The van der Waals surface area contributed by atoms with Crippen LogP contribution in [-0.2, 0) is 10.0 Å². The van der Waals surface area contributed by atoms with E-state index in [9.17, 15) is 13.2 Å². The van der Waals surface area contributed by atoms with Gasteiger partial charge in [-0.25, -0.2) is 12.7 Å². The van der Waals surface area contributed by atoms with Gasteiger partial charge in [-0.2, -0.15) is 5.10 Å². The maximum atomic E-state index is 12.4. The highest BCUT2D eigenvalue weighted by Crippen LogP contribution is 2.33. The van der Waals surface area contributed by atoms with Gasteiger partial charge in [0, 0.05) is 26.0 Å². The molecule has 0 atom stereocenters. The standard InChI is InChI=1S/C19H23N5O3S/c1-23(2)28(26,27)15-9-7-13(8-10-15)21-18-17-16(11-12-20-19(17)25)24(22-18)14-5-3-4-6-14/h7-12,14H,3-6H2,1-2H3,(H,20,25)(H,21,22). The molecule has 1 aliphatic carbocycles. The minimum absolute atomic E-state index is 0.198. The van der Waals surface area contributed by atoms with Crippen LogP contribution < -0.4 is 10.9 Å². The second-order valence-electron chi connectivity index (χ2n) is 7.24. The van der Waals surface area contributed by atoms with E-state index in [1.165, 1.54) is 43.4 Å². The van der Waals surface area contributed by atoms with E-state index in [1.54, 1.807) is 18.3 Å². The van der Waals surface area contributed by atoms with E-state index >= 15 is 0 Å². The van der Waals surface area contributed by atoms with Gasteiger partial charge in [-0.15, -0.1) is 0 Å². The molecule has 4 rings (SSSR count). The third-order valence-electron chi connectivity index (χ3n) is 5.20. The van der Waals surface area contributed by atoms with Crippen molar-refractivity contribution in [2.75, 3.05) is 19.4 Å². The van der Waals surface area contributed by atoms with Gasteiger partial charge in [-0.05, 0) is 43.2 Å². The highest BCUT2D eigenvalue weighted by molar-refractivity contribution is 7.89. The fraction of sp³-hybridized carbons (Fsp3) is 0.368. The topological polar surface area (TPSA) is 100 Å². The summed E-state index contributed by atoms with van der Waals surface area (Å²) in [7, 11) is -0.493. The molecule has 2 aromatic heterocycles. The van der Waals surface area contributed by atoms with E-state index in [0.717, 1.165) is 18.4 Å². The molecule has 1 saturated carbocycles. The number of H-pyrrole nitrogens is 1. The normalized spacial score (nSPS) is 15.5. The van der Waals surface area contributed by atoms with Crippen molar-refractivity contribution in [1.82, 2.24) is 19.1 Å². The van der Waals surface area contributed by atoms with E-state index in [-0.39, 0.29) is 10.5 Å². The summed E-state index contributed by atoms with van der Waals surface area (Å²) in [6, 6.07) is 8.60. The quantitative estimate of drug-likeness (QED) is 0.685. The van der Waals surface area contributed by atoms with Crippen molar-refractivity contribution in [3.05, 3.63) is 46.9 Å². The number of hydrogen-bond acceptors (Lipinski definition) is 5. The Kier molecular flexibility index (Phi) is 4.72. The number of anilines is 2. The van der Waals surface area contributed by atoms with Crippen molar-refractivity contribution in [2.24, 2.45) is 0 Å². The van der Waals surface area contributed by atoms with Crippen LogP contribution in [0.15, 0.2) is 46.2 Å². The summed E-state index contributed by atoms with van der Waals surface area (Å²) in [4.78, 5) is 15.4. The Balaban J connectivity index is 1.71. The molecule has 2 heterocycles. The van der Waals surface area contributed by atoms with Crippen molar-refractivity contribution in [3.63, 3.8) is 0 Å². The molecule has 1 aliphatic rings. The fourth-order valence-corrected chi connectivity index (χ4v) is 4.57. The SMILES string of the molecule is CN(C)S(=O)(=O)c1ccc(Nc2nn(C3CCCC3)c3cc[nH]c(=O)c23)cc1. The number of nitrogens with one attached hydrogen (secondary N) is 2. The molecule has 148 valence electrons. The van der Waals surface area contributed by atoms with Gasteiger partial charge in [-0.1, -0.05) is 12.8 Å². The first-order valence-electron chi connectivity index (χ1n) is 9.27. The molecular weight excluding hydrogens is 378 g/mol. The first-order chi connectivity index (χ1) is 13.4. The predicted octanol–water partition coefficient (Wildman–Crippen LogP) is 2.83. The van der Waals surface area contributed by atoms with Crippen LogP contribution in [0.25, 0.3) is 10.9 Å². The van der Waals surface area contributed by atoms with Gasteiger partial charge in [0.1, 0.15) is 5.39 Å². The smallest absolute Gasteiger partial charge is 0.261 e. The number of fused-ring (bicyclic) bond motifs is 1. The number of nitrogens with zero attached hydrogens (tertiary/aromatic N) is 3. The summed E-state index contributed by atoms with van der Waals surface area (Å²) in [5.74, 6) is 0.479. The lowest BCUT2D eigenvalue weighted by Gasteiger charge is -2.12. The Morgan fingerprint density at radius 1 is 1.14 bits per heavy atom. The first kappa shape index (κ1) is 18.7. The van der Waals surface area contributed by atoms with Crippen LogP contribution in [0.4, 0.5) is 11.5 Å². The van der Waals surface area contributed by atoms with Crippen LogP contribution >= 0.6 is 0 Å². The van der Waals surface area contributed by atoms with E-state index in [4.69, 9.17) is 0 Å². The zero-order valence-electron chi connectivity index (χ0n) is 15.8. The molecule has 0 bridgehead atoms. The number of rotatable bonds is 5. The summed E-state index contributed by atoms with van der Waals surface area (Å²) in [5, 5.41) is 8.38. The van der Waals surface area contributed by atoms with Crippen LogP contribution in [0.3, 0.4) is 0 Å². The Morgan fingerprint density at radius 2 is 1.82 bits per heavy atom. The fourth-order valence-electron chi connectivity index (χ4n) is 3.67. The highest BCUT2D eigenvalue weighted by atomic mass is 32.2. The maximum Gasteiger partial charge on any atom is 0.261 e. The average Bonchev–Trinajstić information content (AvgIpc) is 3.31. The third-order valence-corrected chi connectivity index (χ3v) is 7.03. The van der Waals surface area contributed by atoms with Crippen molar-refractivity contribution in [2.45, 2.75) is 36.6 Å². The predicted molar refractivity (Wildman–Crippen MR) is 108 cm³/mol. The molecule has 2 N–H and O–H groups in total. The molecule has 0 amide bonds. The average molecular weight is 401 g/mol. The van der Waals surface area contributed by atoms with Gasteiger partial charge in [0.25, 0.3) is 5.56 Å². The van der Waals surface area contributed by atoms with E-state index in [2.05, 4.69) is 15.4 Å². The molecule has 28 heavy (non-hydrogen) atoms. The monoisotopic (exact) mass is 401 g/mol. The molecule has 1 fully saturated rings. The second-order valence-corrected chi connectivity index (χ2v) is 9.39. The number of aromatic nitrogens is 3. The van der Waals surface area contributed by atoms with Crippen molar-refractivity contribution < 1.29 is 8.42 Å². The van der Waals surface area contributed by atoms with Crippen LogP contribution in [-0.4, -0.2) is 41.6 Å².